The molecule has 0 amide bonds. The van der Waals surface area contributed by atoms with E-state index in [9.17, 15) is 0 Å². The van der Waals surface area contributed by atoms with Crippen molar-refractivity contribution in [1.82, 2.24) is 28.5 Å². The molecule has 0 spiro atoms. The molecule has 17 rings (SSSR count). The summed E-state index contributed by atoms with van der Waals surface area (Å²) in [6.07, 6.45) is 0. The molecule has 0 fully saturated rings. The zero-order valence-electron chi connectivity index (χ0n) is 36.1. The third-order valence-electron chi connectivity index (χ3n) is 14.9. The molecule has 0 aliphatic carbocycles. The highest BCUT2D eigenvalue weighted by Gasteiger charge is 2.30. The van der Waals surface area contributed by atoms with Gasteiger partial charge >= 0.3 is 0 Å². The molecule has 0 saturated carbocycles. The van der Waals surface area contributed by atoms with Gasteiger partial charge in [-0.05, 0) is 66.0 Å². The quantitative estimate of drug-likeness (QED) is 0.173. The summed E-state index contributed by atoms with van der Waals surface area (Å²) in [5.41, 5.74) is 13.6. The summed E-state index contributed by atoms with van der Waals surface area (Å²) in [5.74, 6) is 1.88. The van der Waals surface area contributed by atoms with E-state index in [0.717, 1.165) is 55.3 Å². The van der Waals surface area contributed by atoms with Crippen LogP contribution in [0.5, 0.6) is 0 Å². The van der Waals surface area contributed by atoms with Gasteiger partial charge in [-0.15, -0.1) is 11.3 Å². The lowest BCUT2D eigenvalue weighted by molar-refractivity contribution is 1.07. The summed E-state index contributed by atoms with van der Waals surface area (Å²) in [7, 11) is 0. The van der Waals surface area contributed by atoms with E-state index in [1.54, 1.807) is 0 Å². The third-order valence-corrected chi connectivity index (χ3v) is 16.1. The molecule has 68 heavy (non-hydrogen) atoms. The van der Waals surface area contributed by atoms with Crippen molar-refractivity contribution >= 4 is 124 Å². The van der Waals surface area contributed by atoms with E-state index in [-0.39, 0.29) is 0 Å². The van der Waals surface area contributed by atoms with Crippen LogP contribution >= 0.6 is 11.3 Å². The second-order valence-corrected chi connectivity index (χ2v) is 19.3. The van der Waals surface area contributed by atoms with Crippen molar-refractivity contribution in [3.05, 3.63) is 194 Å². The minimum atomic E-state index is 0.624. The van der Waals surface area contributed by atoms with Gasteiger partial charge in [0.25, 0.3) is 0 Å². The SMILES string of the molecule is c1ccc(-c2nc(-c3ccc(-n4c5ccc6sc7ccc8c9cccc%10c%11ccc4c4c5c6c7c8n(c9%10)c%114)c4ccccc34)nc(-c3cccc4c5ccccc5n(-c5ccccc5)c34)n2)cc1. The minimum absolute atomic E-state index is 0.624. The highest BCUT2D eigenvalue weighted by Crippen LogP contribution is 2.53. The zero-order valence-corrected chi connectivity index (χ0v) is 36.9. The highest BCUT2D eigenvalue weighted by molar-refractivity contribution is 7.26. The molecule has 0 unspecified atom stereocenters. The van der Waals surface area contributed by atoms with Crippen molar-refractivity contribution in [2.75, 3.05) is 0 Å². The lowest BCUT2D eigenvalue weighted by Gasteiger charge is -2.16. The summed E-state index contributed by atoms with van der Waals surface area (Å²) < 4.78 is 10.1. The number of fused-ring (bicyclic) bond motifs is 6. The fourth-order valence-corrected chi connectivity index (χ4v) is 13.4. The Labute approximate surface area is 390 Å². The van der Waals surface area contributed by atoms with Crippen LogP contribution in [0.15, 0.2) is 194 Å². The first-order valence-corrected chi connectivity index (χ1v) is 23.9. The Morgan fingerprint density at radius 2 is 0.882 bits per heavy atom. The van der Waals surface area contributed by atoms with E-state index in [1.807, 2.05) is 29.5 Å². The Balaban J connectivity index is 0.948. The van der Waals surface area contributed by atoms with Crippen LogP contribution in [-0.2, 0) is 0 Å². The smallest absolute Gasteiger partial charge is 0.166 e. The van der Waals surface area contributed by atoms with E-state index in [0.29, 0.717) is 17.5 Å². The number of benzene rings is 10. The maximum absolute atomic E-state index is 5.47. The van der Waals surface area contributed by atoms with Crippen molar-refractivity contribution in [1.29, 1.82) is 0 Å². The molecule has 6 nitrogen and oxygen atoms in total. The van der Waals surface area contributed by atoms with Crippen LogP contribution in [0.2, 0.25) is 0 Å². The van der Waals surface area contributed by atoms with Gasteiger partial charge in [0.1, 0.15) is 0 Å². The van der Waals surface area contributed by atoms with Gasteiger partial charge in [-0.25, -0.2) is 15.0 Å². The number of thiophene rings is 1. The molecule has 0 N–H and O–H groups in total. The topological polar surface area (TPSA) is 52.9 Å². The van der Waals surface area contributed by atoms with Crippen molar-refractivity contribution < 1.29 is 0 Å². The number of aromatic nitrogens is 6. The van der Waals surface area contributed by atoms with Crippen LogP contribution in [-0.4, -0.2) is 28.5 Å². The molecule has 0 saturated heterocycles. The van der Waals surface area contributed by atoms with Crippen molar-refractivity contribution in [3.63, 3.8) is 0 Å². The maximum Gasteiger partial charge on any atom is 0.166 e. The monoisotopic (exact) mass is 880 g/mol. The molecule has 7 heterocycles. The van der Waals surface area contributed by atoms with Gasteiger partial charge in [0, 0.05) is 91.0 Å². The lowest BCUT2D eigenvalue weighted by Crippen LogP contribution is -2.03. The highest BCUT2D eigenvalue weighted by atomic mass is 32.1. The fraction of sp³-hybridized carbons (Fsp3) is 0. The second kappa shape index (κ2) is 12.5. The molecule has 0 radical (unpaired) electrons. The molecule has 7 aromatic heterocycles. The van der Waals surface area contributed by atoms with E-state index in [4.69, 9.17) is 15.0 Å². The van der Waals surface area contributed by atoms with Crippen LogP contribution in [0.1, 0.15) is 0 Å². The molecule has 0 bridgehead atoms. The first-order valence-electron chi connectivity index (χ1n) is 23.1. The number of hydrogen-bond acceptors (Lipinski definition) is 4. The maximum atomic E-state index is 5.47. The molecule has 0 atom stereocenters. The zero-order chi connectivity index (χ0) is 43.9. The number of rotatable bonds is 5. The normalized spacial score (nSPS) is 12.7. The summed E-state index contributed by atoms with van der Waals surface area (Å²) in [6.45, 7) is 0. The molecule has 0 aliphatic heterocycles. The predicted molar refractivity (Wildman–Crippen MR) is 283 cm³/mol. The van der Waals surface area contributed by atoms with E-state index < -0.39 is 0 Å². The van der Waals surface area contributed by atoms with Crippen LogP contribution in [0.4, 0.5) is 0 Å². The Kier molecular flexibility index (Phi) is 6.50. The van der Waals surface area contributed by atoms with Crippen molar-refractivity contribution in [2.45, 2.75) is 0 Å². The summed E-state index contributed by atoms with van der Waals surface area (Å²) in [4.78, 5) is 16.1. The first-order chi connectivity index (χ1) is 33.8. The van der Waals surface area contributed by atoms with Gasteiger partial charge in [0.05, 0.1) is 44.3 Å². The molecular weight excluding hydrogens is 849 g/mol. The standard InChI is InChI=1S/C61H32N6S/c1-3-13-33(14-4-1)59-62-60(64-61(63-59)44-23-12-20-38-37-19-9-10-24-45(37)65(56(38)44)34-15-5-2-6-16-34)43-26-28-46(36-18-8-7-17-35(36)43)66-47-30-32-49-53-51(47)52-48(66)29-25-41-39-21-11-22-40-42-27-31-50(68-49)54(53)58(42)67(55(39)40)57(41)52/h1-32H. The predicted octanol–water partition coefficient (Wildman–Crippen LogP) is 16.1. The van der Waals surface area contributed by atoms with Crippen molar-refractivity contribution in [3.8, 4) is 45.5 Å². The Morgan fingerprint density at radius 1 is 0.309 bits per heavy atom. The molecule has 7 heteroatoms. The lowest BCUT2D eigenvalue weighted by atomic mass is 10.0. The number of hydrogen-bond donors (Lipinski definition) is 0. The second-order valence-electron chi connectivity index (χ2n) is 18.2. The van der Waals surface area contributed by atoms with Gasteiger partial charge in [0.15, 0.2) is 17.5 Å². The summed E-state index contributed by atoms with van der Waals surface area (Å²) >= 11 is 1.91. The van der Waals surface area contributed by atoms with E-state index >= 15 is 0 Å². The summed E-state index contributed by atoms with van der Waals surface area (Å²) in [6, 6.07) is 70.3. The summed E-state index contributed by atoms with van der Waals surface area (Å²) in [5, 5.41) is 15.2. The van der Waals surface area contributed by atoms with Crippen LogP contribution < -0.4 is 0 Å². The van der Waals surface area contributed by atoms with Gasteiger partial charge in [-0.1, -0.05) is 133 Å². The van der Waals surface area contributed by atoms with Crippen LogP contribution in [0.25, 0.3) is 158 Å². The van der Waals surface area contributed by atoms with Gasteiger partial charge < -0.3 is 13.5 Å². The van der Waals surface area contributed by atoms with E-state index in [1.165, 1.54) is 85.5 Å². The van der Waals surface area contributed by atoms with Crippen LogP contribution in [0.3, 0.4) is 0 Å². The Bertz CT molecular complexity index is 4900. The van der Waals surface area contributed by atoms with Gasteiger partial charge in [-0.3, -0.25) is 0 Å². The number of para-hydroxylation sites is 4. The molecule has 17 aromatic rings. The first kappa shape index (κ1) is 35.4. The average Bonchev–Trinajstić information content (AvgIpc) is 4.19. The number of nitrogens with zero attached hydrogens (tertiary/aromatic N) is 6. The third kappa shape index (κ3) is 4.27. The molecule has 0 aliphatic rings. The largest absolute Gasteiger partial charge is 0.309 e. The average molecular weight is 881 g/mol. The minimum Gasteiger partial charge on any atom is -0.309 e. The van der Waals surface area contributed by atoms with E-state index in [2.05, 4.69) is 189 Å². The fourth-order valence-electron chi connectivity index (χ4n) is 12.3. The molecular formula is C61H32N6S. The van der Waals surface area contributed by atoms with Crippen molar-refractivity contribution in [2.24, 2.45) is 0 Å². The van der Waals surface area contributed by atoms with Crippen LogP contribution in [0, 0.1) is 0 Å². The van der Waals surface area contributed by atoms with Gasteiger partial charge in [0.2, 0.25) is 0 Å². The molecule has 10 aromatic carbocycles. The van der Waals surface area contributed by atoms with Gasteiger partial charge in [-0.2, -0.15) is 0 Å². The molecule has 312 valence electrons. The Morgan fingerprint density at radius 3 is 1.71 bits per heavy atom. The Hall–Kier alpha value is -8.91.